The largest absolute Gasteiger partial charge is 0.443 e. The van der Waals surface area contributed by atoms with Gasteiger partial charge in [-0.1, -0.05) is 24.3 Å². The molecule has 3 rings (SSSR count). The standard InChI is InChI=1S/C14H13F3N2S/c15-14(16,17)12-19-8-11(20-12)13(18)6-5-9-3-1-2-4-10(9)7-13/h1-4,8H,5-7,18H2. The number of aryl methyl sites for hydroxylation is 1. The van der Waals surface area contributed by atoms with Crippen LogP contribution in [-0.2, 0) is 24.6 Å². The maximum Gasteiger partial charge on any atom is 0.443 e. The molecule has 0 aliphatic heterocycles. The van der Waals surface area contributed by atoms with E-state index in [-0.39, 0.29) is 0 Å². The molecule has 1 atom stereocenters. The van der Waals surface area contributed by atoms with Crippen molar-refractivity contribution in [1.29, 1.82) is 0 Å². The highest BCUT2D eigenvalue weighted by atomic mass is 32.1. The molecular formula is C14H13F3N2S. The van der Waals surface area contributed by atoms with Gasteiger partial charge in [0.05, 0.1) is 5.54 Å². The van der Waals surface area contributed by atoms with E-state index in [1.165, 1.54) is 11.8 Å². The minimum absolute atomic E-state index is 0.513. The van der Waals surface area contributed by atoms with Crippen LogP contribution in [0, 0.1) is 0 Å². The fourth-order valence-corrected chi connectivity index (χ4v) is 3.52. The summed E-state index contributed by atoms with van der Waals surface area (Å²) >= 11 is 0.659. The number of benzene rings is 1. The van der Waals surface area contributed by atoms with Gasteiger partial charge in [-0.25, -0.2) is 4.98 Å². The van der Waals surface area contributed by atoms with Crippen LogP contribution in [0.25, 0.3) is 0 Å². The van der Waals surface area contributed by atoms with Crippen molar-refractivity contribution in [3.05, 3.63) is 51.5 Å². The third kappa shape index (κ3) is 2.33. The topological polar surface area (TPSA) is 38.9 Å². The molecule has 0 bridgehead atoms. The first kappa shape index (κ1) is 13.6. The van der Waals surface area contributed by atoms with Gasteiger partial charge in [-0.15, -0.1) is 11.3 Å². The summed E-state index contributed by atoms with van der Waals surface area (Å²) in [5.41, 5.74) is 7.96. The molecule has 1 aliphatic rings. The Morgan fingerprint density at radius 1 is 1.20 bits per heavy atom. The highest BCUT2D eigenvalue weighted by Gasteiger charge is 2.39. The third-order valence-corrected chi connectivity index (χ3v) is 4.97. The lowest BCUT2D eigenvalue weighted by molar-refractivity contribution is -0.137. The molecule has 2 nitrogen and oxygen atoms in total. The van der Waals surface area contributed by atoms with Crippen LogP contribution < -0.4 is 5.73 Å². The number of fused-ring (bicyclic) bond motifs is 1. The van der Waals surface area contributed by atoms with Crippen LogP contribution in [0.4, 0.5) is 13.2 Å². The highest BCUT2D eigenvalue weighted by molar-refractivity contribution is 7.11. The van der Waals surface area contributed by atoms with Crippen molar-refractivity contribution >= 4 is 11.3 Å². The van der Waals surface area contributed by atoms with Crippen LogP contribution in [0.3, 0.4) is 0 Å². The third-order valence-electron chi connectivity index (χ3n) is 3.70. The van der Waals surface area contributed by atoms with Gasteiger partial charge >= 0.3 is 6.18 Å². The van der Waals surface area contributed by atoms with E-state index in [4.69, 9.17) is 5.73 Å². The lowest BCUT2D eigenvalue weighted by Crippen LogP contribution is -2.41. The smallest absolute Gasteiger partial charge is 0.320 e. The summed E-state index contributed by atoms with van der Waals surface area (Å²) in [7, 11) is 0. The first-order valence-electron chi connectivity index (χ1n) is 6.28. The monoisotopic (exact) mass is 298 g/mol. The number of nitrogens with two attached hydrogens (primary N) is 1. The molecule has 2 N–H and O–H groups in total. The molecule has 0 spiro atoms. The molecule has 1 aliphatic carbocycles. The Hall–Kier alpha value is -1.40. The van der Waals surface area contributed by atoms with E-state index < -0.39 is 16.7 Å². The molecule has 20 heavy (non-hydrogen) atoms. The Balaban J connectivity index is 1.93. The van der Waals surface area contributed by atoms with Crippen molar-refractivity contribution in [3.8, 4) is 0 Å². The summed E-state index contributed by atoms with van der Waals surface area (Å²) in [6.45, 7) is 0. The molecule has 1 unspecified atom stereocenters. The number of rotatable bonds is 1. The molecule has 0 amide bonds. The van der Waals surface area contributed by atoms with E-state index >= 15 is 0 Å². The van der Waals surface area contributed by atoms with E-state index in [9.17, 15) is 13.2 Å². The SMILES string of the molecule is NC1(c2cnc(C(F)(F)F)s2)CCc2ccccc2C1. The van der Waals surface area contributed by atoms with E-state index in [0.717, 1.165) is 12.0 Å². The Bertz CT molecular complexity index is 635. The van der Waals surface area contributed by atoms with Gasteiger partial charge < -0.3 is 5.73 Å². The zero-order valence-electron chi connectivity index (χ0n) is 10.6. The minimum Gasteiger partial charge on any atom is -0.320 e. The van der Waals surface area contributed by atoms with Gasteiger partial charge in [-0.3, -0.25) is 0 Å². The van der Waals surface area contributed by atoms with Gasteiger partial charge in [0.15, 0.2) is 5.01 Å². The van der Waals surface area contributed by atoms with E-state index in [0.29, 0.717) is 29.1 Å². The predicted molar refractivity (Wildman–Crippen MR) is 71.4 cm³/mol. The first-order valence-corrected chi connectivity index (χ1v) is 7.09. The van der Waals surface area contributed by atoms with E-state index in [1.54, 1.807) is 0 Å². The summed E-state index contributed by atoms with van der Waals surface area (Å²) in [5, 5.41) is -0.823. The van der Waals surface area contributed by atoms with Crippen molar-refractivity contribution < 1.29 is 13.2 Å². The van der Waals surface area contributed by atoms with Crippen molar-refractivity contribution in [2.24, 2.45) is 5.73 Å². The fraction of sp³-hybridized carbons (Fsp3) is 0.357. The average molecular weight is 298 g/mol. The van der Waals surface area contributed by atoms with Crippen molar-refractivity contribution in [1.82, 2.24) is 4.98 Å². The molecule has 1 aromatic carbocycles. The van der Waals surface area contributed by atoms with Gasteiger partial charge in [0.25, 0.3) is 0 Å². The number of halogens is 3. The molecule has 1 heterocycles. The summed E-state index contributed by atoms with van der Waals surface area (Å²) < 4.78 is 37.9. The van der Waals surface area contributed by atoms with Crippen molar-refractivity contribution in [3.63, 3.8) is 0 Å². The molecule has 6 heteroatoms. The number of alkyl halides is 3. The van der Waals surface area contributed by atoms with Crippen molar-refractivity contribution in [2.75, 3.05) is 0 Å². The normalized spacial score (nSPS) is 22.6. The van der Waals surface area contributed by atoms with Crippen molar-refractivity contribution in [2.45, 2.75) is 31.0 Å². The number of thiazole rings is 1. The summed E-state index contributed by atoms with van der Waals surface area (Å²) in [5.74, 6) is 0. The van der Waals surface area contributed by atoms with Crippen LogP contribution in [0.5, 0.6) is 0 Å². The Labute approximate surface area is 118 Å². The number of aromatic nitrogens is 1. The second-order valence-electron chi connectivity index (χ2n) is 5.13. The van der Waals surface area contributed by atoms with Crippen LogP contribution in [0.2, 0.25) is 0 Å². The molecule has 0 radical (unpaired) electrons. The summed E-state index contributed by atoms with van der Waals surface area (Å²) in [6.07, 6.45) is -1.13. The van der Waals surface area contributed by atoms with Crippen LogP contribution in [0.1, 0.15) is 27.4 Å². The van der Waals surface area contributed by atoms with Crippen LogP contribution >= 0.6 is 11.3 Å². The second kappa shape index (κ2) is 4.56. The van der Waals surface area contributed by atoms with Gasteiger partial charge in [0.2, 0.25) is 0 Å². The highest BCUT2D eigenvalue weighted by Crippen LogP contribution is 2.40. The van der Waals surface area contributed by atoms with Gasteiger partial charge in [-0.2, -0.15) is 13.2 Å². The minimum atomic E-state index is -4.40. The fourth-order valence-electron chi connectivity index (χ4n) is 2.61. The molecule has 0 saturated heterocycles. The Morgan fingerprint density at radius 3 is 2.55 bits per heavy atom. The molecule has 106 valence electrons. The molecule has 0 fully saturated rings. The zero-order valence-corrected chi connectivity index (χ0v) is 11.4. The Kier molecular flexibility index (Phi) is 3.10. The van der Waals surface area contributed by atoms with Crippen LogP contribution in [-0.4, -0.2) is 4.98 Å². The second-order valence-corrected chi connectivity index (χ2v) is 6.16. The average Bonchev–Trinajstić information content (AvgIpc) is 2.89. The maximum atomic E-state index is 12.6. The molecule has 0 saturated carbocycles. The van der Waals surface area contributed by atoms with E-state index in [2.05, 4.69) is 4.98 Å². The molecule has 2 aromatic rings. The van der Waals surface area contributed by atoms with Gasteiger partial charge in [0, 0.05) is 11.1 Å². The summed E-state index contributed by atoms with van der Waals surface area (Å²) in [4.78, 5) is 3.99. The van der Waals surface area contributed by atoms with Gasteiger partial charge in [0.1, 0.15) is 0 Å². The lowest BCUT2D eigenvalue weighted by atomic mass is 9.78. The first-order chi connectivity index (χ1) is 9.38. The van der Waals surface area contributed by atoms with Crippen LogP contribution in [0.15, 0.2) is 30.5 Å². The van der Waals surface area contributed by atoms with Gasteiger partial charge in [-0.05, 0) is 30.4 Å². The zero-order chi connectivity index (χ0) is 14.4. The lowest BCUT2D eigenvalue weighted by Gasteiger charge is -2.33. The van der Waals surface area contributed by atoms with E-state index in [1.807, 2.05) is 24.3 Å². The predicted octanol–water partition coefficient (Wildman–Crippen LogP) is 3.50. The number of hydrogen-bond donors (Lipinski definition) is 1. The summed E-state index contributed by atoms with van der Waals surface area (Å²) in [6, 6.07) is 7.93. The molecular weight excluding hydrogens is 285 g/mol. The number of nitrogens with zero attached hydrogens (tertiary/aromatic N) is 1. The molecule has 1 aromatic heterocycles. The maximum absolute atomic E-state index is 12.6. The Morgan fingerprint density at radius 2 is 1.90 bits per heavy atom. The number of hydrogen-bond acceptors (Lipinski definition) is 3. The quantitative estimate of drug-likeness (QED) is 0.875.